The molecule has 1 aromatic rings. The summed E-state index contributed by atoms with van der Waals surface area (Å²) >= 11 is 3.31. The van der Waals surface area contributed by atoms with Gasteiger partial charge in [-0.05, 0) is 12.5 Å². The summed E-state index contributed by atoms with van der Waals surface area (Å²) in [5.74, 6) is -0.427. The normalized spacial score (nSPS) is 18.3. The molecule has 0 fully saturated rings. The molecule has 1 unspecified atom stereocenters. The van der Waals surface area contributed by atoms with Crippen LogP contribution in [0.25, 0.3) is 5.70 Å². The maximum Gasteiger partial charge on any atom is 0.338 e. The second-order valence-electron chi connectivity index (χ2n) is 4.18. The maximum absolute atomic E-state index is 12.2. The Labute approximate surface area is 125 Å². The van der Waals surface area contributed by atoms with Gasteiger partial charge >= 0.3 is 12.0 Å². The summed E-state index contributed by atoms with van der Waals surface area (Å²) in [6, 6.07) is 8.50. The van der Waals surface area contributed by atoms with Gasteiger partial charge in [-0.2, -0.15) is 0 Å². The highest BCUT2D eigenvalue weighted by Crippen LogP contribution is 2.23. The zero-order chi connectivity index (χ0) is 14.5. The molecule has 1 heterocycles. The lowest BCUT2D eigenvalue weighted by atomic mass is 9.99. The van der Waals surface area contributed by atoms with E-state index in [0.717, 1.165) is 5.56 Å². The van der Waals surface area contributed by atoms with Crippen molar-refractivity contribution in [2.24, 2.45) is 0 Å². The number of hydrogen-bond donors (Lipinski definition) is 2. The van der Waals surface area contributed by atoms with Crippen LogP contribution in [-0.4, -0.2) is 30.0 Å². The third kappa shape index (κ3) is 3.01. The molecule has 1 atom stereocenters. The van der Waals surface area contributed by atoms with E-state index in [1.54, 1.807) is 6.92 Å². The maximum atomic E-state index is 12.2. The summed E-state index contributed by atoms with van der Waals surface area (Å²) in [7, 11) is 0. The molecule has 6 heteroatoms. The van der Waals surface area contributed by atoms with E-state index in [2.05, 4.69) is 26.6 Å². The first-order valence-corrected chi connectivity index (χ1v) is 7.39. The highest BCUT2D eigenvalue weighted by molar-refractivity contribution is 9.09. The molecule has 20 heavy (non-hydrogen) atoms. The van der Waals surface area contributed by atoms with E-state index in [0.29, 0.717) is 16.6 Å². The summed E-state index contributed by atoms with van der Waals surface area (Å²) in [4.78, 5) is 23.9. The van der Waals surface area contributed by atoms with Gasteiger partial charge in [0, 0.05) is 5.33 Å². The van der Waals surface area contributed by atoms with Crippen LogP contribution in [0.4, 0.5) is 4.79 Å². The van der Waals surface area contributed by atoms with E-state index in [9.17, 15) is 9.59 Å². The van der Waals surface area contributed by atoms with E-state index in [1.165, 1.54) is 0 Å². The lowest BCUT2D eigenvalue weighted by Gasteiger charge is -2.28. The molecule has 0 aromatic heterocycles. The van der Waals surface area contributed by atoms with Crippen molar-refractivity contribution in [2.45, 2.75) is 13.0 Å². The molecule has 0 aliphatic carbocycles. The number of ether oxygens (including phenoxy) is 1. The number of halogens is 1. The lowest BCUT2D eigenvalue weighted by molar-refractivity contribution is -0.138. The van der Waals surface area contributed by atoms with Crippen molar-refractivity contribution >= 4 is 33.6 Å². The molecule has 1 aliphatic rings. The number of esters is 1. The van der Waals surface area contributed by atoms with Crippen LogP contribution in [-0.2, 0) is 9.53 Å². The van der Waals surface area contributed by atoms with Gasteiger partial charge in [0.25, 0.3) is 0 Å². The summed E-state index contributed by atoms with van der Waals surface area (Å²) < 4.78 is 5.09. The van der Waals surface area contributed by atoms with Crippen molar-refractivity contribution in [1.82, 2.24) is 10.6 Å². The number of urea groups is 1. The van der Waals surface area contributed by atoms with Crippen molar-refractivity contribution in [3.63, 3.8) is 0 Å². The average Bonchev–Trinajstić information content (AvgIpc) is 2.47. The molecule has 0 radical (unpaired) electrons. The Morgan fingerprint density at radius 2 is 2.05 bits per heavy atom. The van der Waals surface area contributed by atoms with E-state index in [1.807, 2.05) is 30.3 Å². The van der Waals surface area contributed by atoms with Crippen molar-refractivity contribution in [1.29, 1.82) is 0 Å². The van der Waals surface area contributed by atoms with Crippen LogP contribution in [0.15, 0.2) is 35.9 Å². The second-order valence-corrected chi connectivity index (χ2v) is 4.83. The Morgan fingerprint density at radius 1 is 1.35 bits per heavy atom. The van der Waals surface area contributed by atoms with Crippen LogP contribution in [0.3, 0.4) is 0 Å². The second kappa shape index (κ2) is 6.56. The van der Waals surface area contributed by atoms with Crippen LogP contribution in [0.1, 0.15) is 12.5 Å². The lowest BCUT2D eigenvalue weighted by Crippen LogP contribution is -2.50. The highest BCUT2D eigenvalue weighted by Gasteiger charge is 2.32. The predicted octanol–water partition coefficient (Wildman–Crippen LogP) is 2.04. The molecule has 2 rings (SSSR count). The number of amides is 2. The van der Waals surface area contributed by atoms with E-state index >= 15 is 0 Å². The van der Waals surface area contributed by atoms with Crippen molar-refractivity contribution in [2.75, 3.05) is 11.9 Å². The first-order valence-electron chi connectivity index (χ1n) is 6.27. The summed E-state index contributed by atoms with van der Waals surface area (Å²) in [5, 5.41) is 5.83. The molecule has 0 bridgehead atoms. The van der Waals surface area contributed by atoms with Gasteiger partial charge in [0.2, 0.25) is 0 Å². The smallest absolute Gasteiger partial charge is 0.338 e. The van der Waals surface area contributed by atoms with Gasteiger partial charge in [-0.15, -0.1) is 0 Å². The first-order chi connectivity index (χ1) is 9.67. The summed E-state index contributed by atoms with van der Waals surface area (Å²) in [6.45, 7) is 2.03. The number of rotatable bonds is 4. The molecule has 2 N–H and O–H groups in total. The molecule has 106 valence electrons. The Kier molecular flexibility index (Phi) is 4.79. The molecule has 2 amide bonds. The number of hydrogen-bond acceptors (Lipinski definition) is 3. The topological polar surface area (TPSA) is 67.4 Å². The Morgan fingerprint density at radius 3 is 2.65 bits per heavy atom. The minimum atomic E-state index is -0.427. The fourth-order valence-electron chi connectivity index (χ4n) is 2.02. The van der Waals surface area contributed by atoms with Gasteiger partial charge in [-0.25, -0.2) is 9.59 Å². The van der Waals surface area contributed by atoms with Gasteiger partial charge in [0.15, 0.2) is 0 Å². The molecule has 1 aromatic carbocycles. The minimum absolute atomic E-state index is 0.285. The van der Waals surface area contributed by atoms with Crippen LogP contribution in [0.5, 0.6) is 0 Å². The van der Waals surface area contributed by atoms with Gasteiger partial charge in [0.1, 0.15) is 0 Å². The SMILES string of the molecule is CCOC(=O)C1=C(c2ccccc2)NC(=O)NC1CBr. The van der Waals surface area contributed by atoms with Gasteiger partial charge in [-0.3, -0.25) is 0 Å². The fraction of sp³-hybridized carbons (Fsp3) is 0.286. The van der Waals surface area contributed by atoms with Crippen molar-refractivity contribution in [3.05, 3.63) is 41.5 Å². The van der Waals surface area contributed by atoms with Crippen LogP contribution >= 0.6 is 15.9 Å². The molecule has 0 saturated heterocycles. The van der Waals surface area contributed by atoms with Gasteiger partial charge < -0.3 is 15.4 Å². The molecule has 0 spiro atoms. The quantitative estimate of drug-likeness (QED) is 0.652. The zero-order valence-electron chi connectivity index (χ0n) is 11.0. The number of alkyl halides is 1. The fourth-order valence-corrected chi connectivity index (χ4v) is 2.51. The Bertz CT molecular complexity index is 543. The largest absolute Gasteiger partial charge is 0.463 e. The number of carbonyl (C=O) groups is 2. The van der Waals surface area contributed by atoms with Gasteiger partial charge in [0.05, 0.1) is 23.9 Å². The highest BCUT2D eigenvalue weighted by atomic mass is 79.9. The molecular weight excluding hydrogens is 324 g/mol. The molecule has 5 nitrogen and oxygen atoms in total. The van der Waals surface area contributed by atoms with Crippen LogP contribution in [0.2, 0.25) is 0 Å². The monoisotopic (exact) mass is 338 g/mol. The van der Waals surface area contributed by atoms with Crippen molar-refractivity contribution in [3.8, 4) is 0 Å². The van der Waals surface area contributed by atoms with E-state index < -0.39 is 12.0 Å². The van der Waals surface area contributed by atoms with Gasteiger partial charge in [-0.1, -0.05) is 46.3 Å². The van der Waals surface area contributed by atoms with E-state index in [-0.39, 0.29) is 12.6 Å². The summed E-state index contributed by atoms with van der Waals surface area (Å²) in [6.07, 6.45) is 0. The van der Waals surface area contributed by atoms with Crippen LogP contribution < -0.4 is 10.6 Å². The number of benzene rings is 1. The van der Waals surface area contributed by atoms with E-state index in [4.69, 9.17) is 4.74 Å². The third-order valence-electron chi connectivity index (χ3n) is 2.87. The molecule has 0 saturated carbocycles. The first kappa shape index (κ1) is 14.6. The standard InChI is InChI=1S/C14H15BrN2O3/c1-2-20-13(18)11-10(8-15)16-14(19)17-12(11)9-6-4-3-5-7-9/h3-7,10H,2,8H2,1H3,(H2,16,17,19). The van der Waals surface area contributed by atoms with Crippen LogP contribution in [0, 0.1) is 0 Å². The molecular formula is C14H15BrN2O3. The zero-order valence-corrected chi connectivity index (χ0v) is 12.6. The Hall–Kier alpha value is -1.82. The summed E-state index contributed by atoms with van der Waals surface area (Å²) in [5.41, 5.74) is 1.70. The third-order valence-corrected chi connectivity index (χ3v) is 3.52. The average molecular weight is 339 g/mol. The number of nitrogens with one attached hydrogen (secondary N) is 2. The van der Waals surface area contributed by atoms with Crippen molar-refractivity contribution < 1.29 is 14.3 Å². The minimum Gasteiger partial charge on any atom is -0.463 e. The number of carbonyl (C=O) groups excluding carboxylic acids is 2. The predicted molar refractivity (Wildman–Crippen MR) is 79.2 cm³/mol. The molecule has 1 aliphatic heterocycles. The Balaban J connectivity index is 2.52.